The Labute approximate surface area is 194 Å². The quantitative estimate of drug-likeness (QED) is 0.458. The van der Waals surface area contributed by atoms with E-state index in [-0.39, 0.29) is 34.3 Å². The SMILES string of the molecule is Cn1nc(Cc2ccc(Cl)c(Cl)c2)c(C(=O)NCc2ccc(C(=O)O)c(F)c2)c1C(F)(F)F. The van der Waals surface area contributed by atoms with Crippen LogP contribution in [0.15, 0.2) is 36.4 Å². The maximum atomic E-state index is 13.9. The van der Waals surface area contributed by atoms with Crippen LogP contribution < -0.4 is 5.32 Å². The highest BCUT2D eigenvalue weighted by Gasteiger charge is 2.41. The topological polar surface area (TPSA) is 84.2 Å². The third-order valence-corrected chi connectivity index (χ3v) is 5.43. The second-order valence-electron chi connectivity index (χ2n) is 7.02. The Hall–Kier alpha value is -3.11. The molecule has 0 aliphatic rings. The first kappa shape index (κ1) is 24.5. The summed E-state index contributed by atoms with van der Waals surface area (Å²) in [6.07, 6.45) is -5.01. The minimum absolute atomic E-state index is 0.133. The van der Waals surface area contributed by atoms with Crippen molar-refractivity contribution in [2.45, 2.75) is 19.1 Å². The van der Waals surface area contributed by atoms with Gasteiger partial charge in [0.15, 0.2) is 5.69 Å². The monoisotopic (exact) mass is 503 g/mol. The number of hydrogen-bond donors (Lipinski definition) is 2. The maximum absolute atomic E-state index is 13.9. The lowest BCUT2D eigenvalue weighted by Gasteiger charge is -2.12. The van der Waals surface area contributed by atoms with E-state index in [1.165, 1.54) is 18.2 Å². The molecule has 33 heavy (non-hydrogen) atoms. The molecule has 3 aromatic rings. The Morgan fingerprint density at radius 1 is 1.09 bits per heavy atom. The Morgan fingerprint density at radius 3 is 2.33 bits per heavy atom. The second kappa shape index (κ2) is 9.40. The number of hydrogen-bond acceptors (Lipinski definition) is 3. The molecule has 0 saturated heterocycles. The van der Waals surface area contributed by atoms with Gasteiger partial charge in [0, 0.05) is 20.0 Å². The smallest absolute Gasteiger partial charge is 0.433 e. The average molecular weight is 504 g/mol. The molecule has 0 aliphatic heterocycles. The van der Waals surface area contributed by atoms with Crippen molar-refractivity contribution in [3.8, 4) is 0 Å². The molecule has 0 aliphatic carbocycles. The number of carboxylic acid groups (broad SMARTS) is 1. The lowest BCUT2D eigenvalue weighted by Crippen LogP contribution is -2.27. The average Bonchev–Trinajstić information content (AvgIpc) is 3.04. The van der Waals surface area contributed by atoms with Crippen molar-refractivity contribution in [3.05, 3.63) is 85.9 Å². The zero-order valence-corrected chi connectivity index (χ0v) is 18.3. The molecule has 6 nitrogen and oxygen atoms in total. The molecule has 0 radical (unpaired) electrons. The van der Waals surface area contributed by atoms with Crippen LogP contribution in [0.4, 0.5) is 17.6 Å². The number of carboxylic acids is 1. The van der Waals surface area contributed by atoms with E-state index in [1.807, 2.05) is 0 Å². The van der Waals surface area contributed by atoms with Crippen LogP contribution in [-0.4, -0.2) is 26.8 Å². The Kier molecular flexibility index (Phi) is 6.99. The van der Waals surface area contributed by atoms with E-state index >= 15 is 0 Å². The van der Waals surface area contributed by atoms with Crippen LogP contribution in [0, 0.1) is 5.82 Å². The van der Waals surface area contributed by atoms with E-state index < -0.39 is 40.7 Å². The molecule has 0 atom stereocenters. The highest BCUT2D eigenvalue weighted by Crippen LogP contribution is 2.34. The van der Waals surface area contributed by atoms with Crippen molar-refractivity contribution in [1.82, 2.24) is 15.1 Å². The first-order valence-electron chi connectivity index (χ1n) is 9.25. The van der Waals surface area contributed by atoms with Crippen molar-refractivity contribution in [3.63, 3.8) is 0 Å². The van der Waals surface area contributed by atoms with Crippen LogP contribution in [0.2, 0.25) is 10.0 Å². The normalized spacial score (nSPS) is 11.5. The van der Waals surface area contributed by atoms with Gasteiger partial charge in [-0.05, 0) is 35.4 Å². The van der Waals surface area contributed by atoms with E-state index in [0.717, 1.165) is 19.2 Å². The highest BCUT2D eigenvalue weighted by molar-refractivity contribution is 6.42. The predicted molar refractivity (Wildman–Crippen MR) is 112 cm³/mol. The number of aromatic carboxylic acids is 1. The second-order valence-corrected chi connectivity index (χ2v) is 7.83. The van der Waals surface area contributed by atoms with Gasteiger partial charge in [-0.3, -0.25) is 9.48 Å². The van der Waals surface area contributed by atoms with Gasteiger partial charge in [-0.2, -0.15) is 18.3 Å². The van der Waals surface area contributed by atoms with Crippen molar-refractivity contribution < 1.29 is 32.3 Å². The van der Waals surface area contributed by atoms with E-state index in [9.17, 15) is 27.2 Å². The summed E-state index contributed by atoms with van der Waals surface area (Å²) < 4.78 is 55.5. The minimum Gasteiger partial charge on any atom is -0.478 e. The van der Waals surface area contributed by atoms with Gasteiger partial charge in [0.25, 0.3) is 5.91 Å². The van der Waals surface area contributed by atoms with E-state index in [2.05, 4.69) is 10.4 Å². The third-order valence-electron chi connectivity index (χ3n) is 4.69. The molecule has 2 N–H and O–H groups in total. The predicted octanol–water partition coefficient (Wildman–Crippen LogP) is 5.10. The van der Waals surface area contributed by atoms with Gasteiger partial charge in [0.2, 0.25) is 0 Å². The summed E-state index contributed by atoms with van der Waals surface area (Å²) in [5, 5.41) is 15.5. The van der Waals surface area contributed by atoms with Gasteiger partial charge < -0.3 is 10.4 Å². The summed E-state index contributed by atoms with van der Waals surface area (Å²) in [6.45, 7) is -0.339. The molecule has 2 aromatic carbocycles. The minimum atomic E-state index is -4.88. The van der Waals surface area contributed by atoms with Crippen molar-refractivity contribution >= 4 is 35.1 Å². The Balaban J connectivity index is 1.92. The molecule has 3 rings (SSSR count). The summed E-state index contributed by atoms with van der Waals surface area (Å²) in [4.78, 5) is 23.7. The number of amides is 1. The number of halogens is 6. The molecule has 0 fully saturated rings. The number of carbonyl (C=O) groups is 2. The zero-order valence-electron chi connectivity index (χ0n) is 16.8. The van der Waals surface area contributed by atoms with Gasteiger partial charge in [0.05, 0.1) is 26.9 Å². The number of nitrogens with one attached hydrogen (secondary N) is 1. The molecule has 12 heteroatoms. The fourth-order valence-electron chi connectivity index (χ4n) is 3.22. The largest absolute Gasteiger partial charge is 0.478 e. The fraction of sp³-hybridized carbons (Fsp3) is 0.190. The van der Waals surface area contributed by atoms with Gasteiger partial charge in [-0.1, -0.05) is 35.3 Å². The maximum Gasteiger partial charge on any atom is 0.433 e. The highest BCUT2D eigenvalue weighted by atomic mass is 35.5. The lowest BCUT2D eigenvalue weighted by atomic mass is 10.0. The summed E-state index contributed by atoms with van der Waals surface area (Å²) >= 11 is 11.8. The third kappa shape index (κ3) is 5.45. The first-order chi connectivity index (χ1) is 15.4. The van der Waals surface area contributed by atoms with E-state index in [0.29, 0.717) is 10.2 Å². The number of benzene rings is 2. The standard InChI is InChI=1S/C21H15Cl2F4N3O3/c1-30-18(21(25,26)27)17(16(29-30)8-10-3-5-13(22)14(23)6-10)19(31)28-9-11-2-4-12(20(32)33)15(24)7-11/h2-7H,8-9H2,1H3,(H,28,31)(H,32,33). The van der Waals surface area contributed by atoms with Gasteiger partial charge in [-0.25, -0.2) is 9.18 Å². The number of nitrogens with zero attached hydrogens (tertiary/aromatic N) is 2. The zero-order chi connectivity index (χ0) is 24.5. The van der Waals surface area contributed by atoms with Crippen LogP contribution in [-0.2, 0) is 26.2 Å². The van der Waals surface area contributed by atoms with Crippen molar-refractivity contribution in [1.29, 1.82) is 0 Å². The molecule has 0 spiro atoms. The first-order valence-corrected chi connectivity index (χ1v) is 10.0. The molecule has 1 aromatic heterocycles. The molecular formula is C21H15Cl2F4N3O3. The number of aryl methyl sites for hydroxylation is 1. The Morgan fingerprint density at radius 2 is 1.76 bits per heavy atom. The summed E-state index contributed by atoms with van der Waals surface area (Å²) in [6, 6.07) is 7.61. The number of carbonyl (C=O) groups excluding carboxylic acids is 1. The molecule has 0 unspecified atom stereocenters. The van der Waals surface area contributed by atoms with Crippen LogP contribution in [0.5, 0.6) is 0 Å². The van der Waals surface area contributed by atoms with Crippen molar-refractivity contribution in [2.75, 3.05) is 0 Å². The van der Waals surface area contributed by atoms with E-state index in [1.54, 1.807) is 6.07 Å². The molecule has 0 bridgehead atoms. The summed E-state index contributed by atoms with van der Waals surface area (Å²) in [5.74, 6) is -3.58. The summed E-state index contributed by atoms with van der Waals surface area (Å²) in [5.41, 5.74) is -2.00. The molecular weight excluding hydrogens is 489 g/mol. The summed E-state index contributed by atoms with van der Waals surface area (Å²) in [7, 11) is 1.07. The number of aromatic nitrogens is 2. The van der Waals surface area contributed by atoms with Crippen molar-refractivity contribution in [2.24, 2.45) is 7.05 Å². The number of rotatable bonds is 6. The van der Waals surface area contributed by atoms with Gasteiger partial charge >= 0.3 is 12.1 Å². The van der Waals surface area contributed by atoms with Crippen LogP contribution >= 0.6 is 23.2 Å². The Bertz CT molecular complexity index is 1240. The van der Waals surface area contributed by atoms with E-state index in [4.69, 9.17) is 28.3 Å². The molecule has 174 valence electrons. The van der Waals surface area contributed by atoms with Gasteiger partial charge in [-0.15, -0.1) is 0 Å². The van der Waals surface area contributed by atoms with Crippen LogP contribution in [0.3, 0.4) is 0 Å². The lowest BCUT2D eigenvalue weighted by molar-refractivity contribution is -0.144. The molecule has 1 heterocycles. The number of alkyl halides is 3. The molecule has 1 amide bonds. The van der Waals surface area contributed by atoms with Crippen LogP contribution in [0.25, 0.3) is 0 Å². The van der Waals surface area contributed by atoms with Gasteiger partial charge in [0.1, 0.15) is 5.82 Å². The fourth-order valence-corrected chi connectivity index (χ4v) is 3.54. The van der Waals surface area contributed by atoms with Crippen LogP contribution in [0.1, 0.15) is 43.2 Å². The molecule has 0 saturated carbocycles.